The lowest BCUT2D eigenvalue weighted by Crippen LogP contribution is -2.48. The van der Waals surface area contributed by atoms with E-state index in [1.54, 1.807) is 6.08 Å². The fourth-order valence-corrected chi connectivity index (χ4v) is 9.62. The average molecular weight is 931 g/mol. The zero-order valence-electron chi connectivity index (χ0n) is 44.9. The molecule has 5 nitrogen and oxygen atoms in total. The van der Waals surface area contributed by atoms with Crippen molar-refractivity contribution in [3.63, 3.8) is 0 Å². The third-order valence-corrected chi connectivity index (χ3v) is 14.3. The molecule has 3 atom stereocenters. The monoisotopic (exact) mass is 930 g/mol. The van der Waals surface area contributed by atoms with E-state index in [4.69, 9.17) is 0 Å². The molecule has 0 rings (SSSR count). The van der Waals surface area contributed by atoms with Gasteiger partial charge in [0.15, 0.2) is 0 Å². The molecule has 0 aliphatic heterocycles. The Morgan fingerprint density at radius 3 is 0.924 bits per heavy atom. The Kier molecular flexibility index (Phi) is 55.4. The number of aliphatic hydroxyl groups is 3. The Labute approximate surface area is 413 Å². The first-order valence-electron chi connectivity index (χ1n) is 30.2. The number of allylic oxidation sites excluding steroid dienone is 3. The minimum absolute atomic E-state index is 0.372. The molecular weight excluding hydrogens is 811 g/mol. The largest absolute Gasteiger partial charge is 0.394 e. The summed E-state index contributed by atoms with van der Waals surface area (Å²) in [5.74, 6) is -0.506. The maximum Gasteiger partial charge on any atom is 0.249 e. The molecule has 0 bridgehead atoms. The van der Waals surface area contributed by atoms with Crippen molar-refractivity contribution in [2.24, 2.45) is 0 Å². The van der Waals surface area contributed by atoms with Gasteiger partial charge in [0.25, 0.3) is 0 Å². The SMILES string of the molecule is CCCCCCCCCCCCCCCC/C=C/CC/C=C/C(O)C(CO)NC(=O)C(O)CCCCCCCCCCCCCCCCCCCCCCCCCCCCCCCCCC. The molecule has 4 N–H and O–H groups in total. The summed E-state index contributed by atoms with van der Waals surface area (Å²) in [5, 5.41) is 33.4. The summed E-state index contributed by atoms with van der Waals surface area (Å²) >= 11 is 0. The van der Waals surface area contributed by atoms with Gasteiger partial charge >= 0.3 is 0 Å². The van der Waals surface area contributed by atoms with E-state index in [2.05, 4.69) is 31.3 Å². The first kappa shape index (κ1) is 64.8. The van der Waals surface area contributed by atoms with Crippen LogP contribution in [0.25, 0.3) is 0 Å². The van der Waals surface area contributed by atoms with E-state index in [0.717, 1.165) is 38.5 Å². The number of carbonyl (C=O) groups is 1. The molecule has 0 saturated heterocycles. The molecule has 0 saturated carbocycles. The van der Waals surface area contributed by atoms with Crippen LogP contribution in [0.1, 0.15) is 335 Å². The average Bonchev–Trinajstić information content (AvgIpc) is 3.32. The minimum Gasteiger partial charge on any atom is -0.394 e. The van der Waals surface area contributed by atoms with Gasteiger partial charge in [0, 0.05) is 0 Å². The van der Waals surface area contributed by atoms with E-state index in [9.17, 15) is 20.1 Å². The zero-order chi connectivity index (χ0) is 47.9. The molecule has 0 radical (unpaired) electrons. The van der Waals surface area contributed by atoms with Crippen LogP contribution in [0, 0.1) is 0 Å². The van der Waals surface area contributed by atoms with Crippen LogP contribution in [0.5, 0.6) is 0 Å². The lowest BCUT2D eigenvalue weighted by Gasteiger charge is -2.21. The lowest BCUT2D eigenvalue weighted by molar-refractivity contribution is -0.131. The highest BCUT2D eigenvalue weighted by Crippen LogP contribution is 2.18. The Morgan fingerprint density at radius 1 is 0.364 bits per heavy atom. The molecule has 5 heteroatoms. The van der Waals surface area contributed by atoms with Gasteiger partial charge in [-0.25, -0.2) is 0 Å². The molecular formula is C61H119NO4. The van der Waals surface area contributed by atoms with E-state index < -0.39 is 24.2 Å². The first-order valence-corrected chi connectivity index (χ1v) is 30.2. The van der Waals surface area contributed by atoms with Crippen molar-refractivity contribution in [3.05, 3.63) is 24.3 Å². The second-order valence-corrected chi connectivity index (χ2v) is 20.9. The van der Waals surface area contributed by atoms with E-state index in [1.165, 1.54) is 276 Å². The summed E-state index contributed by atoms with van der Waals surface area (Å²) in [6.07, 6.45) is 72.8. The second kappa shape index (κ2) is 56.4. The van der Waals surface area contributed by atoms with Gasteiger partial charge in [-0.3, -0.25) is 4.79 Å². The lowest BCUT2D eigenvalue weighted by atomic mass is 10.0. The quantitative estimate of drug-likeness (QED) is 0.0361. The molecule has 0 fully saturated rings. The van der Waals surface area contributed by atoms with Gasteiger partial charge in [-0.1, -0.05) is 327 Å². The van der Waals surface area contributed by atoms with Crippen LogP contribution in [0.4, 0.5) is 0 Å². The molecule has 392 valence electrons. The Morgan fingerprint density at radius 2 is 0.621 bits per heavy atom. The molecule has 0 aliphatic carbocycles. The first-order chi connectivity index (χ1) is 32.6. The second-order valence-electron chi connectivity index (χ2n) is 20.9. The molecule has 0 aromatic carbocycles. The molecule has 0 aliphatic rings. The van der Waals surface area contributed by atoms with Crippen molar-refractivity contribution in [2.75, 3.05) is 6.61 Å². The summed E-state index contributed by atoms with van der Waals surface area (Å²) in [4.78, 5) is 12.6. The van der Waals surface area contributed by atoms with E-state index in [-0.39, 0.29) is 6.61 Å². The van der Waals surface area contributed by atoms with E-state index in [1.807, 2.05) is 6.08 Å². The van der Waals surface area contributed by atoms with E-state index >= 15 is 0 Å². The summed E-state index contributed by atoms with van der Waals surface area (Å²) in [7, 11) is 0. The molecule has 0 aromatic heterocycles. The molecule has 0 heterocycles. The van der Waals surface area contributed by atoms with Crippen LogP contribution < -0.4 is 5.32 Å². The third-order valence-electron chi connectivity index (χ3n) is 14.3. The van der Waals surface area contributed by atoms with Crippen molar-refractivity contribution in [2.45, 2.75) is 353 Å². The molecule has 0 spiro atoms. The standard InChI is InChI=1S/C61H119NO4/c1-3-5-7-9-11-13-15-17-19-21-23-25-26-27-28-29-30-31-32-33-34-35-36-38-40-42-44-46-48-50-52-54-56-60(65)61(66)62-58(57-63)59(64)55-53-51-49-47-45-43-41-39-37-24-22-20-18-16-14-12-10-8-6-4-2/h45,47,53,55,58-60,63-65H,3-44,46,48-52,54,56-57H2,1-2H3,(H,62,66)/b47-45+,55-53+. The smallest absolute Gasteiger partial charge is 0.249 e. The number of nitrogens with one attached hydrogen (secondary N) is 1. The van der Waals surface area contributed by atoms with Gasteiger partial charge < -0.3 is 20.6 Å². The Bertz CT molecular complexity index is 982. The summed E-state index contributed by atoms with van der Waals surface area (Å²) in [6, 6.07) is -0.813. The van der Waals surface area contributed by atoms with Crippen molar-refractivity contribution in [1.82, 2.24) is 5.32 Å². The highest BCUT2D eigenvalue weighted by molar-refractivity contribution is 5.80. The van der Waals surface area contributed by atoms with Crippen LogP contribution >= 0.6 is 0 Å². The van der Waals surface area contributed by atoms with Crippen LogP contribution in [0.3, 0.4) is 0 Å². The normalized spacial score (nSPS) is 13.3. The number of carbonyl (C=O) groups excluding carboxylic acids is 1. The third kappa shape index (κ3) is 50.7. The highest BCUT2D eigenvalue weighted by atomic mass is 16.3. The van der Waals surface area contributed by atoms with Crippen LogP contribution in [-0.2, 0) is 4.79 Å². The molecule has 0 aromatic rings. The fourth-order valence-electron chi connectivity index (χ4n) is 9.62. The molecule has 3 unspecified atom stereocenters. The van der Waals surface area contributed by atoms with E-state index in [0.29, 0.717) is 6.42 Å². The van der Waals surface area contributed by atoms with Crippen molar-refractivity contribution >= 4 is 5.91 Å². The van der Waals surface area contributed by atoms with Crippen molar-refractivity contribution in [1.29, 1.82) is 0 Å². The number of rotatable bonds is 56. The van der Waals surface area contributed by atoms with Crippen LogP contribution in [0.15, 0.2) is 24.3 Å². The van der Waals surface area contributed by atoms with Gasteiger partial charge in [-0.2, -0.15) is 0 Å². The topological polar surface area (TPSA) is 89.8 Å². The summed E-state index contributed by atoms with van der Waals surface area (Å²) in [5.41, 5.74) is 0. The maximum atomic E-state index is 12.6. The van der Waals surface area contributed by atoms with Crippen LogP contribution in [0.2, 0.25) is 0 Å². The minimum atomic E-state index is -1.10. The van der Waals surface area contributed by atoms with Gasteiger partial charge in [0.1, 0.15) is 6.10 Å². The summed E-state index contributed by atoms with van der Waals surface area (Å²) < 4.78 is 0. The summed E-state index contributed by atoms with van der Waals surface area (Å²) in [6.45, 7) is 4.21. The van der Waals surface area contributed by atoms with Crippen molar-refractivity contribution < 1.29 is 20.1 Å². The van der Waals surface area contributed by atoms with Gasteiger partial charge in [0.2, 0.25) is 5.91 Å². The molecule has 66 heavy (non-hydrogen) atoms. The Hall–Kier alpha value is -1.17. The van der Waals surface area contributed by atoms with Gasteiger partial charge in [-0.05, 0) is 32.1 Å². The number of hydrogen-bond acceptors (Lipinski definition) is 4. The highest BCUT2D eigenvalue weighted by Gasteiger charge is 2.22. The molecule has 1 amide bonds. The number of amides is 1. The fraction of sp³-hybridized carbons (Fsp3) is 0.918. The van der Waals surface area contributed by atoms with Crippen molar-refractivity contribution in [3.8, 4) is 0 Å². The Balaban J connectivity index is 3.52. The van der Waals surface area contributed by atoms with Gasteiger partial charge in [-0.15, -0.1) is 0 Å². The zero-order valence-corrected chi connectivity index (χ0v) is 44.9. The predicted molar refractivity (Wildman–Crippen MR) is 292 cm³/mol. The predicted octanol–water partition coefficient (Wildman–Crippen LogP) is 18.8. The van der Waals surface area contributed by atoms with Gasteiger partial charge in [0.05, 0.1) is 18.8 Å². The number of hydrogen-bond donors (Lipinski definition) is 4. The maximum absolute atomic E-state index is 12.6. The number of aliphatic hydroxyl groups excluding tert-OH is 3. The van der Waals surface area contributed by atoms with Crippen LogP contribution in [-0.4, -0.2) is 46.1 Å². The number of unbranched alkanes of at least 4 members (excludes halogenated alkanes) is 46.